The summed E-state index contributed by atoms with van der Waals surface area (Å²) in [5.74, 6) is 0. The number of fused-ring (bicyclic) bond motifs is 9. The molecule has 0 saturated heterocycles. The zero-order valence-electron chi connectivity index (χ0n) is 34.7. The Labute approximate surface area is 369 Å². The van der Waals surface area contributed by atoms with Gasteiger partial charge in [-0.2, -0.15) is 0 Å². The number of hydrogen-bond donors (Lipinski definition) is 0. The molecule has 0 aliphatic heterocycles. The van der Waals surface area contributed by atoms with Gasteiger partial charge in [0.25, 0.3) is 0 Å². The molecule has 0 amide bonds. The Hall–Kier alpha value is -8.60. The lowest BCUT2D eigenvalue weighted by atomic mass is 9.93. The number of nitrogens with zero attached hydrogens (tertiary/aromatic N) is 2. The molecule has 4 heteroatoms. The van der Waals surface area contributed by atoms with Crippen molar-refractivity contribution in [3.8, 4) is 39.1 Å². The van der Waals surface area contributed by atoms with Crippen molar-refractivity contribution >= 4 is 82.7 Å². The van der Waals surface area contributed by atoms with E-state index in [1.165, 1.54) is 16.3 Å². The van der Waals surface area contributed by atoms with Crippen LogP contribution in [0.15, 0.2) is 239 Å². The number of hydrogen-bond acceptors (Lipinski definition) is 3. The molecule has 4 nitrogen and oxygen atoms in total. The fourth-order valence-corrected chi connectivity index (χ4v) is 9.94. The van der Waals surface area contributed by atoms with E-state index in [-0.39, 0.29) is 0 Å². The predicted octanol–water partition coefficient (Wildman–Crippen LogP) is 17.1. The summed E-state index contributed by atoms with van der Waals surface area (Å²) >= 11 is 0. The van der Waals surface area contributed by atoms with Gasteiger partial charge in [0, 0.05) is 65.9 Å². The summed E-state index contributed by atoms with van der Waals surface area (Å²) in [6.45, 7) is 0. The van der Waals surface area contributed by atoms with Crippen molar-refractivity contribution in [3.63, 3.8) is 0 Å². The fraction of sp³-hybridized carbons (Fsp3) is 0. The van der Waals surface area contributed by atoms with E-state index in [0.717, 1.165) is 106 Å². The van der Waals surface area contributed by atoms with Crippen molar-refractivity contribution in [2.75, 3.05) is 4.90 Å². The van der Waals surface area contributed by atoms with Gasteiger partial charge >= 0.3 is 0 Å². The molecular weight excluding hydrogens is 781 g/mol. The highest BCUT2D eigenvalue weighted by Gasteiger charge is 2.25. The van der Waals surface area contributed by atoms with E-state index < -0.39 is 0 Å². The van der Waals surface area contributed by atoms with Gasteiger partial charge in [-0.3, -0.25) is 0 Å². The summed E-state index contributed by atoms with van der Waals surface area (Å²) in [5, 5.41) is 6.78. The molecule has 300 valence electrons. The zero-order chi connectivity index (χ0) is 42.1. The van der Waals surface area contributed by atoms with Crippen molar-refractivity contribution in [2.24, 2.45) is 0 Å². The number of benzene rings is 10. The molecule has 0 unspecified atom stereocenters. The Bertz CT molecular complexity index is 3910. The number of para-hydroxylation sites is 7. The molecule has 3 aromatic heterocycles. The second-order valence-electron chi connectivity index (χ2n) is 16.4. The largest absolute Gasteiger partial charge is 0.455 e. The van der Waals surface area contributed by atoms with Crippen LogP contribution in [0.2, 0.25) is 0 Å². The molecule has 13 rings (SSSR count). The molecule has 3 heterocycles. The van der Waals surface area contributed by atoms with Crippen LogP contribution in [0.3, 0.4) is 0 Å². The van der Waals surface area contributed by atoms with Gasteiger partial charge in [0.15, 0.2) is 0 Å². The summed E-state index contributed by atoms with van der Waals surface area (Å²) in [5.41, 5.74) is 16.3. The summed E-state index contributed by atoms with van der Waals surface area (Å²) < 4.78 is 15.9. The predicted molar refractivity (Wildman–Crippen MR) is 266 cm³/mol. The van der Waals surface area contributed by atoms with Crippen LogP contribution >= 0.6 is 0 Å². The number of anilines is 3. The van der Waals surface area contributed by atoms with E-state index in [1.807, 2.05) is 18.2 Å². The topological polar surface area (TPSA) is 34.5 Å². The van der Waals surface area contributed by atoms with E-state index in [1.54, 1.807) is 0 Å². The van der Waals surface area contributed by atoms with E-state index in [0.29, 0.717) is 0 Å². The molecule has 13 aromatic rings. The highest BCUT2D eigenvalue weighted by Crippen LogP contribution is 2.49. The standard InChI is InChI=1S/C60H38N2O2/c1-3-17-39(18-4-1)43-21-7-11-29-53(43)62(42-34-35-46-45-22-8-12-30-54(45)61(56(46)38-42)41-19-5-2-6-20-41)55-36-33-40(44-25-15-26-49-47-23-9-13-31-57(47)63-59(44)49)37-52(55)51-28-16-27-50-48-24-10-14-32-58(48)64-60(50)51/h1-38H. The van der Waals surface area contributed by atoms with Crippen molar-refractivity contribution in [1.29, 1.82) is 0 Å². The highest BCUT2D eigenvalue weighted by molar-refractivity contribution is 6.14. The molecule has 0 bridgehead atoms. The molecule has 0 saturated carbocycles. The van der Waals surface area contributed by atoms with E-state index in [4.69, 9.17) is 8.83 Å². The number of aromatic nitrogens is 1. The van der Waals surface area contributed by atoms with Gasteiger partial charge < -0.3 is 18.3 Å². The average Bonchev–Trinajstić information content (AvgIpc) is 4.05. The molecular formula is C60H38N2O2. The van der Waals surface area contributed by atoms with Crippen molar-refractivity contribution in [3.05, 3.63) is 231 Å². The minimum Gasteiger partial charge on any atom is -0.455 e. The van der Waals surface area contributed by atoms with Gasteiger partial charge in [-0.1, -0.05) is 170 Å². The van der Waals surface area contributed by atoms with Crippen LogP contribution in [-0.2, 0) is 0 Å². The summed E-state index contributed by atoms with van der Waals surface area (Å²) in [6.07, 6.45) is 0. The molecule has 0 spiro atoms. The lowest BCUT2D eigenvalue weighted by molar-refractivity contribution is 0.670. The third-order valence-electron chi connectivity index (χ3n) is 12.8. The first-order valence-corrected chi connectivity index (χ1v) is 21.8. The second kappa shape index (κ2) is 14.5. The summed E-state index contributed by atoms with van der Waals surface area (Å²) in [4.78, 5) is 2.44. The second-order valence-corrected chi connectivity index (χ2v) is 16.4. The SMILES string of the molecule is c1ccc(-c2ccccc2N(c2ccc3c4ccccc4n(-c4ccccc4)c3c2)c2ccc(-c3cccc4c3oc3ccccc34)cc2-c2cccc3c2oc2ccccc23)cc1. The molecule has 0 aliphatic rings. The molecule has 64 heavy (non-hydrogen) atoms. The van der Waals surface area contributed by atoms with Gasteiger partial charge in [-0.05, 0) is 71.8 Å². The molecule has 0 atom stereocenters. The van der Waals surface area contributed by atoms with Gasteiger partial charge in [-0.25, -0.2) is 0 Å². The lowest BCUT2D eigenvalue weighted by Gasteiger charge is -2.30. The Morgan fingerprint density at radius 1 is 0.312 bits per heavy atom. The van der Waals surface area contributed by atoms with Crippen LogP contribution in [0.5, 0.6) is 0 Å². The molecule has 0 aliphatic carbocycles. The first kappa shape index (κ1) is 36.1. The van der Waals surface area contributed by atoms with Crippen molar-refractivity contribution < 1.29 is 8.83 Å². The Morgan fingerprint density at radius 3 is 1.61 bits per heavy atom. The van der Waals surface area contributed by atoms with E-state index >= 15 is 0 Å². The minimum atomic E-state index is 0.847. The normalized spacial score (nSPS) is 11.8. The van der Waals surface area contributed by atoms with Crippen LogP contribution in [-0.4, -0.2) is 4.57 Å². The van der Waals surface area contributed by atoms with Crippen molar-refractivity contribution in [2.45, 2.75) is 0 Å². The first-order valence-electron chi connectivity index (χ1n) is 21.8. The Morgan fingerprint density at radius 2 is 0.859 bits per heavy atom. The summed E-state index contributed by atoms with van der Waals surface area (Å²) in [6, 6.07) is 82.2. The highest BCUT2D eigenvalue weighted by atomic mass is 16.3. The van der Waals surface area contributed by atoms with E-state index in [2.05, 4.69) is 222 Å². The number of furan rings is 2. The third kappa shape index (κ3) is 5.63. The third-order valence-corrected chi connectivity index (χ3v) is 12.8. The summed E-state index contributed by atoms with van der Waals surface area (Å²) in [7, 11) is 0. The Kier molecular flexibility index (Phi) is 8.18. The lowest BCUT2D eigenvalue weighted by Crippen LogP contribution is -2.13. The zero-order valence-corrected chi connectivity index (χ0v) is 34.7. The van der Waals surface area contributed by atoms with Gasteiger partial charge in [0.1, 0.15) is 22.3 Å². The van der Waals surface area contributed by atoms with E-state index in [9.17, 15) is 0 Å². The monoisotopic (exact) mass is 818 g/mol. The van der Waals surface area contributed by atoms with Crippen molar-refractivity contribution in [1.82, 2.24) is 4.57 Å². The van der Waals surface area contributed by atoms with Crippen LogP contribution in [0.1, 0.15) is 0 Å². The molecule has 0 radical (unpaired) electrons. The average molecular weight is 819 g/mol. The maximum absolute atomic E-state index is 6.85. The molecule has 0 N–H and O–H groups in total. The van der Waals surface area contributed by atoms with Crippen LogP contribution in [0.25, 0.3) is 105 Å². The maximum Gasteiger partial charge on any atom is 0.143 e. The Balaban J connectivity index is 1.13. The quantitative estimate of drug-likeness (QED) is 0.161. The molecule has 0 fully saturated rings. The smallest absolute Gasteiger partial charge is 0.143 e. The number of rotatable bonds is 7. The van der Waals surface area contributed by atoms with Crippen LogP contribution in [0.4, 0.5) is 17.1 Å². The van der Waals surface area contributed by atoms with Gasteiger partial charge in [-0.15, -0.1) is 0 Å². The molecule has 10 aromatic carbocycles. The van der Waals surface area contributed by atoms with Gasteiger partial charge in [0.2, 0.25) is 0 Å². The fourth-order valence-electron chi connectivity index (χ4n) is 9.94. The van der Waals surface area contributed by atoms with Gasteiger partial charge in [0.05, 0.1) is 22.4 Å². The van der Waals surface area contributed by atoms with Crippen LogP contribution < -0.4 is 4.90 Å². The van der Waals surface area contributed by atoms with Crippen LogP contribution in [0, 0.1) is 0 Å². The maximum atomic E-state index is 6.85. The first-order chi connectivity index (χ1) is 31.8. The minimum absolute atomic E-state index is 0.847.